The smallest absolute Gasteiger partial charge is 0.0804 e. The Balaban J connectivity index is 2.25. The Bertz CT molecular complexity index is 949. The van der Waals surface area contributed by atoms with Gasteiger partial charge in [0.25, 0.3) is 0 Å². The van der Waals surface area contributed by atoms with Gasteiger partial charge in [0.1, 0.15) is 0 Å². The number of hydrogen-bond acceptors (Lipinski definition) is 2. The molecule has 0 amide bonds. The summed E-state index contributed by atoms with van der Waals surface area (Å²) in [6.07, 6.45) is 3.59. The number of anilines is 1. The fraction of sp³-hybridized carbons (Fsp3) is 0.423. The van der Waals surface area contributed by atoms with Crippen molar-refractivity contribution in [2.75, 3.05) is 18.0 Å². The second kappa shape index (κ2) is 8.77. The summed E-state index contributed by atoms with van der Waals surface area (Å²) in [5, 5.41) is 1.27. The summed E-state index contributed by atoms with van der Waals surface area (Å²) in [5.74, 6) is 0. The second-order valence-corrected chi connectivity index (χ2v) is 8.10. The molecule has 3 rings (SSSR count). The largest absolute Gasteiger partial charge is 0.371 e. The van der Waals surface area contributed by atoms with E-state index in [0.717, 1.165) is 30.7 Å². The average molecular weight is 375 g/mol. The van der Waals surface area contributed by atoms with Crippen molar-refractivity contribution >= 4 is 16.6 Å². The first-order valence-corrected chi connectivity index (χ1v) is 10.7. The number of aryl methyl sites for hydroxylation is 4. The third-order valence-corrected chi connectivity index (χ3v) is 5.51. The summed E-state index contributed by atoms with van der Waals surface area (Å²) in [6.45, 7) is 15.5. The predicted octanol–water partition coefficient (Wildman–Crippen LogP) is 7.15. The fourth-order valence-electron chi connectivity index (χ4n) is 4.39. The Morgan fingerprint density at radius 1 is 0.857 bits per heavy atom. The minimum atomic E-state index is 1.09. The molecule has 0 spiro atoms. The number of unbranched alkanes of at least 4 members (excludes halogenated alkanes) is 1. The molecule has 3 aromatic rings. The van der Waals surface area contributed by atoms with Gasteiger partial charge in [0.15, 0.2) is 0 Å². The SMILES string of the molecule is CCCCN(CCC)c1cc(C)nc2c(-c3c(C)cc(C)cc3C)cccc12. The van der Waals surface area contributed by atoms with Gasteiger partial charge in [-0.25, -0.2) is 0 Å². The molecule has 1 heterocycles. The highest BCUT2D eigenvalue weighted by molar-refractivity contribution is 6.01. The maximum atomic E-state index is 5.01. The van der Waals surface area contributed by atoms with Gasteiger partial charge in [-0.2, -0.15) is 0 Å². The van der Waals surface area contributed by atoms with Crippen molar-refractivity contribution in [1.29, 1.82) is 0 Å². The number of rotatable bonds is 7. The molecule has 2 aromatic carbocycles. The molecule has 2 nitrogen and oxygen atoms in total. The molecule has 0 radical (unpaired) electrons. The highest BCUT2D eigenvalue weighted by atomic mass is 15.1. The van der Waals surface area contributed by atoms with Crippen LogP contribution in [0.2, 0.25) is 0 Å². The standard InChI is InChI=1S/C26H34N2/c1-7-9-14-28(13-8-2)24-17-21(6)27-26-22(24)11-10-12-23(26)25-19(4)15-18(3)16-20(25)5/h10-12,15-17H,7-9,13-14H2,1-6H3. The van der Waals surface area contributed by atoms with Gasteiger partial charge in [-0.05, 0) is 63.3 Å². The number of aromatic nitrogens is 1. The first-order valence-electron chi connectivity index (χ1n) is 10.7. The molecule has 0 saturated heterocycles. The third-order valence-electron chi connectivity index (χ3n) is 5.51. The van der Waals surface area contributed by atoms with E-state index in [-0.39, 0.29) is 0 Å². The Kier molecular flexibility index (Phi) is 6.39. The van der Waals surface area contributed by atoms with Crippen LogP contribution in [0.15, 0.2) is 36.4 Å². The lowest BCUT2D eigenvalue weighted by molar-refractivity contribution is 0.705. The van der Waals surface area contributed by atoms with Crippen molar-refractivity contribution in [2.24, 2.45) is 0 Å². The van der Waals surface area contributed by atoms with Gasteiger partial charge in [-0.1, -0.05) is 56.2 Å². The van der Waals surface area contributed by atoms with Crippen molar-refractivity contribution in [3.8, 4) is 11.1 Å². The number of hydrogen-bond donors (Lipinski definition) is 0. The van der Waals surface area contributed by atoms with Gasteiger partial charge < -0.3 is 4.90 Å². The molecule has 0 N–H and O–H groups in total. The Labute approximate surface area is 170 Å². The lowest BCUT2D eigenvalue weighted by Gasteiger charge is -2.26. The molecular weight excluding hydrogens is 340 g/mol. The molecule has 1 aromatic heterocycles. The molecule has 0 atom stereocenters. The molecule has 0 unspecified atom stereocenters. The number of nitrogens with zero attached hydrogens (tertiary/aromatic N) is 2. The molecule has 0 bridgehead atoms. The van der Waals surface area contributed by atoms with Crippen molar-refractivity contribution in [1.82, 2.24) is 4.98 Å². The van der Waals surface area contributed by atoms with E-state index < -0.39 is 0 Å². The van der Waals surface area contributed by atoms with Crippen LogP contribution in [0, 0.1) is 27.7 Å². The zero-order valence-corrected chi connectivity index (χ0v) is 18.4. The van der Waals surface area contributed by atoms with Gasteiger partial charge in [0.2, 0.25) is 0 Å². The van der Waals surface area contributed by atoms with Gasteiger partial charge in [0.05, 0.1) is 5.52 Å². The summed E-state index contributed by atoms with van der Waals surface area (Å²) in [7, 11) is 0. The third kappa shape index (κ3) is 4.06. The van der Waals surface area contributed by atoms with E-state index >= 15 is 0 Å². The fourth-order valence-corrected chi connectivity index (χ4v) is 4.39. The van der Waals surface area contributed by atoms with Crippen LogP contribution in [0.1, 0.15) is 55.5 Å². The molecule has 148 valence electrons. The van der Waals surface area contributed by atoms with Crippen LogP contribution in [-0.4, -0.2) is 18.1 Å². The van der Waals surface area contributed by atoms with Crippen LogP contribution < -0.4 is 4.90 Å². The summed E-state index contributed by atoms with van der Waals surface area (Å²) >= 11 is 0. The molecular formula is C26H34N2. The van der Waals surface area contributed by atoms with Crippen LogP contribution in [0.25, 0.3) is 22.0 Å². The molecule has 0 aliphatic carbocycles. The highest BCUT2D eigenvalue weighted by Crippen LogP contribution is 2.37. The van der Waals surface area contributed by atoms with Crippen molar-refractivity contribution < 1.29 is 0 Å². The van der Waals surface area contributed by atoms with Crippen molar-refractivity contribution in [2.45, 2.75) is 60.8 Å². The number of para-hydroxylation sites is 1. The number of fused-ring (bicyclic) bond motifs is 1. The van der Waals surface area contributed by atoms with Crippen LogP contribution in [0.5, 0.6) is 0 Å². The first kappa shape index (κ1) is 20.4. The van der Waals surface area contributed by atoms with Crippen LogP contribution in [-0.2, 0) is 0 Å². The van der Waals surface area contributed by atoms with Crippen molar-refractivity contribution in [3.05, 3.63) is 58.8 Å². The topological polar surface area (TPSA) is 16.1 Å². The second-order valence-electron chi connectivity index (χ2n) is 8.10. The van der Waals surface area contributed by atoms with E-state index in [1.54, 1.807) is 0 Å². The lowest BCUT2D eigenvalue weighted by Crippen LogP contribution is -2.25. The highest BCUT2D eigenvalue weighted by Gasteiger charge is 2.16. The number of benzene rings is 2. The lowest BCUT2D eigenvalue weighted by atomic mass is 9.92. The minimum absolute atomic E-state index is 1.09. The van der Waals surface area contributed by atoms with E-state index in [2.05, 4.69) is 82.8 Å². The van der Waals surface area contributed by atoms with E-state index in [4.69, 9.17) is 4.98 Å². The summed E-state index contributed by atoms with van der Waals surface area (Å²) in [6, 6.07) is 13.5. The molecule has 0 aliphatic rings. The van der Waals surface area contributed by atoms with Gasteiger partial charge >= 0.3 is 0 Å². The van der Waals surface area contributed by atoms with E-state index in [0.29, 0.717) is 0 Å². The molecule has 0 saturated carbocycles. The summed E-state index contributed by atoms with van der Waals surface area (Å²) < 4.78 is 0. The summed E-state index contributed by atoms with van der Waals surface area (Å²) in [5.41, 5.74) is 10.1. The van der Waals surface area contributed by atoms with E-state index in [1.807, 2.05) is 0 Å². The quantitative estimate of drug-likeness (QED) is 0.436. The van der Waals surface area contributed by atoms with E-state index in [9.17, 15) is 0 Å². The zero-order chi connectivity index (χ0) is 20.3. The Morgan fingerprint density at radius 3 is 2.21 bits per heavy atom. The van der Waals surface area contributed by atoms with Crippen LogP contribution in [0.4, 0.5) is 5.69 Å². The van der Waals surface area contributed by atoms with Crippen LogP contribution in [0.3, 0.4) is 0 Å². The first-order chi connectivity index (χ1) is 13.5. The van der Waals surface area contributed by atoms with E-state index in [1.165, 1.54) is 51.7 Å². The maximum Gasteiger partial charge on any atom is 0.0804 e. The Hall–Kier alpha value is -2.35. The maximum absolute atomic E-state index is 5.01. The molecule has 2 heteroatoms. The Morgan fingerprint density at radius 2 is 1.57 bits per heavy atom. The molecule has 0 aliphatic heterocycles. The predicted molar refractivity (Wildman–Crippen MR) is 124 cm³/mol. The average Bonchev–Trinajstić information content (AvgIpc) is 2.64. The van der Waals surface area contributed by atoms with Gasteiger partial charge in [0, 0.05) is 35.4 Å². The zero-order valence-electron chi connectivity index (χ0n) is 18.4. The molecule has 28 heavy (non-hydrogen) atoms. The monoisotopic (exact) mass is 374 g/mol. The number of pyridine rings is 1. The van der Waals surface area contributed by atoms with Gasteiger partial charge in [-0.15, -0.1) is 0 Å². The minimum Gasteiger partial charge on any atom is -0.371 e. The van der Waals surface area contributed by atoms with Gasteiger partial charge in [-0.3, -0.25) is 4.98 Å². The molecule has 0 fully saturated rings. The van der Waals surface area contributed by atoms with Crippen LogP contribution >= 0.6 is 0 Å². The summed E-state index contributed by atoms with van der Waals surface area (Å²) in [4.78, 5) is 7.57. The van der Waals surface area contributed by atoms with Crippen molar-refractivity contribution in [3.63, 3.8) is 0 Å². The normalized spacial score (nSPS) is 11.2.